The van der Waals surface area contributed by atoms with Crippen LogP contribution in [0.1, 0.15) is 27.0 Å². The second kappa shape index (κ2) is 8.17. The summed E-state index contributed by atoms with van der Waals surface area (Å²) in [6, 6.07) is 18.1. The summed E-state index contributed by atoms with van der Waals surface area (Å²) in [7, 11) is 0. The molecule has 0 spiro atoms. The minimum absolute atomic E-state index is 0.162. The zero-order chi connectivity index (χ0) is 18.5. The third kappa shape index (κ3) is 4.31. The van der Waals surface area contributed by atoms with Crippen molar-refractivity contribution in [2.75, 3.05) is 11.9 Å². The molecule has 0 radical (unpaired) electrons. The molecule has 2 N–H and O–H groups in total. The highest BCUT2D eigenvalue weighted by atomic mass is 35.5. The molecule has 4 nitrogen and oxygen atoms in total. The van der Waals surface area contributed by atoms with Gasteiger partial charge in [0.25, 0.3) is 11.8 Å². The van der Waals surface area contributed by atoms with Crippen LogP contribution in [0.4, 0.5) is 5.69 Å². The lowest BCUT2D eigenvalue weighted by atomic mass is 10.2. The van der Waals surface area contributed by atoms with Crippen molar-refractivity contribution in [3.63, 3.8) is 0 Å². The van der Waals surface area contributed by atoms with Crippen LogP contribution in [-0.4, -0.2) is 18.4 Å². The summed E-state index contributed by atoms with van der Waals surface area (Å²) in [5.41, 5.74) is 2.11. The average molecular weight is 385 g/mol. The highest BCUT2D eigenvalue weighted by molar-refractivity contribution is 7.17. The first-order chi connectivity index (χ1) is 12.6. The molecule has 0 fully saturated rings. The van der Waals surface area contributed by atoms with Crippen LogP contribution in [0.3, 0.4) is 0 Å². The molecule has 3 rings (SSSR count). The minimum atomic E-state index is -0.205. The van der Waals surface area contributed by atoms with E-state index in [1.165, 1.54) is 11.3 Å². The van der Waals surface area contributed by atoms with Gasteiger partial charge in [0.1, 0.15) is 0 Å². The van der Waals surface area contributed by atoms with Crippen LogP contribution in [0, 0.1) is 0 Å². The van der Waals surface area contributed by atoms with E-state index in [9.17, 15) is 9.59 Å². The molecule has 0 saturated carbocycles. The maximum absolute atomic E-state index is 12.5. The van der Waals surface area contributed by atoms with Crippen molar-refractivity contribution in [3.8, 4) is 10.4 Å². The predicted octanol–water partition coefficient (Wildman–Crippen LogP) is 5.07. The summed E-state index contributed by atoms with van der Waals surface area (Å²) in [6.07, 6.45) is 0. The molecule has 1 aromatic heterocycles. The van der Waals surface area contributed by atoms with Gasteiger partial charge < -0.3 is 10.6 Å². The Kier molecular flexibility index (Phi) is 5.71. The summed E-state index contributed by atoms with van der Waals surface area (Å²) in [5.74, 6) is -0.368. The molecular formula is C20H17ClN2O2S. The van der Waals surface area contributed by atoms with Gasteiger partial charge in [-0.1, -0.05) is 29.8 Å². The molecule has 2 amide bonds. The third-order valence-electron chi connectivity index (χ3n) is 3.68. The number of hydrogen-bond donors (Lipinski definition) is 2. The number of anilines is 1. The van der Waals surface area contributed by atoms with E-state index in [0.717, 1.165) is 10.4 Å². The lowest BCUT2D eigenvalue weighted by molar-refractivity contribution is 0.0954. The van der Waals surface area contributed by atoms with Gasteiger partial charge in [0, 0.05) is 27.7 Å². The lowest BCUT2D eigenvalue weighted by Crippen LogP contribution is -2.22. The number of benzene rings is 2. The fraction of sp³-hybridized carbons (Fsp3) is 0.100. The third-order valence-corrected chi connectivity index (χ3v) is 5.06. The molecule has 0 unspecified atom stereocenters. The molecule has 0 saturated heterocycles. The summed E-state index contributed by atoms with van der Waals surface area (Å²) in [6.45, 7) is 2.41. The van der Waals surface area contributed by atoms with Gasteiger partial charge in [-0.05, 0) is 55.0 Å². The Bertz CT molecular complexity index is 935. The van der Waals surface area contributed by atoms with E-state index in [2.05, 4.69) is 10.6 Å². The van der Waals surface area contributed by atoms with Crippen LogP contribution < -0.4 is 10.6 Å². The normalized spacial score (nSPS) is 10.4. The number of rotatable bonds is 5. The van der Waals surface area contributed by atoms with E-state index in [4.69, 9.17) is 11.6 Å². The highest BCUT2D eigenvalue weighted by Gasteiger charge is 2.12. The van der Waals surface area contributed by atoms with Gasteiger partial charge in [-0.2, -0.15) is 0 Å². The Labute approximate surface area is 160 Å². The molecule has 6 heteroatoms. The van der Waals surface area contributed by atoms with Gasteiger partial charge in [0.05, 0.1) is 4.88 Å². The summed E-state index contributed by atoms with van der Waals surface area (Å²) in [4.78, 5) is 26.0. The lowest BCUT2D eigenvalue weighted by Gasteiger charge is -2.06. The number of amides is 2. The molecule has 26 heavy (non-hydrogen) atoms. The van der Waals surface area contributed by atoms with Crippen LogP contribution in [0.25, 0.3) is 10.4 Å². The Morgan fingerprint density at radius 1 is 1.00 bits per heavy atom. The van der Waals surface area contributed by atoms with E-state index < -0.39 is 0 Å². The molecule has 0 aliphatic carbocycles. The van der Waals surface area contributed by atoms with Crippen LogP contribution in [0.2, 0.25) is 5.02 Å². The van der Waals surface area contributed by atoms with Crippen molar-refractivity contribution in [2.24, 2.45) is 0 Å². The van der Waals surface area contributed by atoms with E-state index in [0.29, 0.717) is 27.7 Å². The molecular weight excluding hydrogens is 368 g/mol. The molecule has 2 aromatic carbocycles. The molecule has 1 heterocycles. The van der Waals surface area contributed by atoms with Crippen molar-refractivity contribution in [1.29, 1.82) is 0 Å². The Hall–Kier alpha value is -2.63. The smallest absolute Gasteiger partial charge is 0.265 e. The van der Waals surface area contributed by atoms with Gasteiger partial charge in [0.2, 0.25) is 0 Å². The number of carbonyl (C=O) groups excluding carboxylic acids is 2. The van der Waals surface area contributed by atoms with Crippen molar-refractivity contribution < 1.29 is 9.59 Å². The SMILES string of the molecule is CCNC(=O)c1cccc(NC(=O)c2ccc(-c3ccc(Cl)cc3)s2)c1. The van der Waals surface area contributed by atoms with Gasteiger partial charge in [0.15, 0.2) is 0 Å². The molecule has 0 atom stereocenters. The number of halogens is 1. The number of thiophene rings is 1. The van der Waals surface area contributed by atoms with Gasteiger partial charge in [-0.25, -0.2) is 0 Å². The summed E-state index contributed by atoms with van der Waals surface area (Å²) in [5, 5.41) is 6.26. The van der Waals surface area contributed by atoms with E-state index in [-0.39, 0.29) is 11.8 Å². The van der Waals surface area contributed by atoms with Gasteiger partial charge in [-0.15, -0.1) is 11.3 Å². The average Bonchev–Trinajstić information content (AvgIpc) is 3.13. The second-order valence-electron chi connectivity index (χ2n) is 5.57. The van der Waals surface area contributed by atoms with Crippen molar-refractivity contribution in [2.45, 2.75) is 6.92 Å². The molecule has 0 aliphatic rings. The van der Waals surface area contributed by atoms with Crippen LogP contribution >= 0.6 is 22.9 Å². The predicted molar refractivity (Wildman–Crippen MR) is 107 cm³/mol. The maximum atomic E-state index is 12.5. The van der Waals surface area contributed by atoms with E-state index in [1.807, 2.05) is 37.3 Å². The number of carbonyl (C=O) groups is 2. The van der Waals surface area contributed by atoms with Crippen LogP contribution in [0.5, 0.6) is 0 Å². The number of hydrogen-bond acceptors (Lipinski definition) is 3. The van der Waals surface area contributed by atoms with Crippen LogP contribution in [0.15, 0.2) is 60.7 Å². The zero-order valence-electron chi connectivity index (χ0n) is 14.1. The first-order valence-electron chi connectivity index (χ1n) is 8.12. The fourth-order valence-electron chi connectivity index (χ4n) is 2.42. The monoisotopic (exact) mass is 384 g/mol. The van der Waals surface area contributed by atoms with Gasteiger partial charge >= 0.3 is 0 Å². The Morgan fingerprint density at radius 3 is 2.50 bits per heavy atom. The zero-order valence-corrected chi connectivity index (χ0v) is 15.7. The summed E-state index contributed by atoms with van der Waals surface area (Å²) < 4.78 is 0. The van der Waals surface area contributed by atoms with Crippen molar-refractivity contribution >= 4 is 40.4 Å². The fourth-order valence-corrected chi connectivity index (χ4v) is 3.46. The molecule has 132 valence electrons. The molecule has 3 aromatic rings. The molecule has 0 bridgehead atoms. The van der Waals surface area contributed by atoms with Crippen molar-refractivity contribution in [1.82, 2.24) is 5.32 Å². The minimum Gasteiger partial charge on any atom is -0.352 e. The Balaban J connectivity index is 1.74. The van der Waals surface area contributed by atoms with Crippen molar-refractivity contribution in [3.05, 3.63) is 76.1 Å². The van der Waals surface area contributed by atoms with E-state index in [1.54, 1.807) is 30.3 Å². The first-order valence-corrected chi connectivity index (χ1v) is 9.31. The number of nitrogens with one attached hydrogen (secondary N) is 2. The highest BCUT2D eigenvalue weighted by Crippen LogP contribution is 2.29. The van der Waals surface area contributed by atoms with E-state index >= 15 is 0 Å². The topological polar surface area (TPSA) is 58.2 Å². The van der Waals surface area contributed by atoms with Crippen LogP contribution in [-0.2, 0) is 0 Å². The maximum Gasteiger partial charge on any atom is 0.265 e. The standard InChI is InChI=1S/C20H17ClN2O2S/c1-2-22-19(24)14-4-3-5-16(12-14)23-20(25)18-11-10-17(26-18)13-6-8-15(21)9-7-13/h3-12H,2H2,1H3,(H,22,24)(H,23,25). The second-order valence-corrected chi connectivity index (χ2v) is 7.09. The van der Waals surface area contributed by atoms with Gasteiger partial charge in [-0.3, -0.25) is 9.59 Å². The molecule has 0 aliphatic heterocycles. The summed E-state index contributed by atoms with van der Waals surface area (Å²) >= 11 is 7.31. The first kappa shape index (κ1) is 18.2. The largest absolute Gasteiger partial charge is 0.352 e. The quantitative estimate of drug-likeness (QED) is 0.645. The Morgan fingerprint density at radius 2 is 1.77 bits per heavy atom.